The average molecular weight is 421 g/mol. The Morgan fingerprint density at radius 2 is 1.94 bits per heavy atom. The van der Waals surface area contributed by atoms with E-state index in [1.54, 1.807) is 17.0 Å². The minimum absolute atomic E-state index is 0.00390. The van der Waals surface area contributed by atoms with Crippen LogP contribution in [0.4, 0.5) is 10.1 Å². The molecule has 5 rings (SSSR count). The molecule has 1 unspecified atom stereocenters. The van der Waals surface area contributed by atoms with Crippen LogP contribution in [0.25, 0.3) is 11.3 Å². The molecule has 160 valence electrons. The van der Waals surface area contributed by atoms with Gasteiger partial charge in [-0.25, -0.2) is 4.39 Å². The highest BCUT2D eigenvalue weighted by atomic mass is 19.1. The lowest BCUT2D eigenvalue weighted by Gasteiger charge is -2.36. The van der Waals surface area contributed by atoms with Crippen molar-refractivity contribution in [1.82, 2.24) is 10.1 Å². The number of amides is 1. The van der Waals surface area contributed by atoms with Crippen molar-refractivity contribution in [2.75, 3.05) is 31.1 Å². The number of para-hydroxylation sites is 1. The third kappa shape index (κ3) is 4.00. The van der Waals surface area contributed by atoms with Gasteiger partial charge in [-0.15, -0.1) is 0 Å². The molecule has 0 spiro atoms. The number of carbonyl (C=O) groups is 1. The Labute approximate surface area is 180 Å². The Morgan fingerprint density at radius 1 is 1.13 bits per heavy atom. The number of ether oxygens (including phenoxy) is 1. The predicted molar refractivity (Wildman–Crippen MR) is 115 cm³/mol. The van der Waals surface area contributed by atoms with Crippen LogP contribution in [0.3, 0.4) is 0 Å². The second kappa shape index (κ2) is 8.06. The van der Waals surface area contributed by atoms with E-state index in [2.05, 4.69) is 11.2 Å². The van der Waals surface area contributed by atoms with Crippen LogP contribution in [0.2, 0.25) is 0 Å². The standard InChI is InChI=1S/C24H24FN3O3/c1-16-12-18-13-17(6-7-22(18)30-16)23-14-19(26-31-23)15-24(29)28-10-8-27(9-11-28)21-5-3-2-4-20(21)25/h2-7,13-14,16H,8-12,15H2,1H3. The van der Waals surface area contributed by atoms with Crippen molar-refractivity contribution in [2.45, 2.75) is 25.9 Å². The number of nitrogens with zero attached hydrogens (tertiary/aromatic N) is 3. The monoisotopic (exact) mass is 421 g/mol. The summed E-state index contributed by atoms with van der Waals surface area (Å²) >= 11 is 0. The van der Waals surface area contributed by atoms with Gasteiger partial charge >= 0.3 is 0 Å². The van der Waals surface area contributed by atoms with Crippen molar-refractivity contribution in [2.24, 2.45) is 0 Å². The summed E-state index contributed by atoms with van der Waals surface area (Å²) in [5.74, 6) is 1.34. The van der Waals surface area contributed by atoms with Crippen LogP contribution >= 0.6 is 0 Å². The van der Waals surface area contributed by atoms with E-state index in [1.165, 1.54) is 6.07 Å². The van der Waals surface area contributed by atoms with Crippen LogP contribution < -0.4 is 9.64 Å². The highest BCUT2D eigenvalue weighted by Crippen LogP contribution is 2.33. The summed E-state index contributed by atoms with van der Waals surface area (Å²) < 4.78 is 25.3. The molecule has 2 aliphatic rings. The molecule has 1 aromatic heterocycles. The molecule has 6 nitrogen and oxygen atoms in total. The Bertz CT molecular complexity index is 1100. The highest BCUT2D eigenvalue weighted by molar-refractivity contribution is 5.79. The summed E-state index contributed by atoms with van der Waals surface area (Å²) in [7, 11) is 0. The van der Waals surface area contributed by atoms with E-state index in [1.807, 2.05) is 36.1 Å². The molecule has 1 saturated heterocycles. The van der Waals surface area contributed by atoms with Gasteiger partial charge in [-0.3, -0.25) is 4.79 Å². The number of aromatic nitrogens is 1. The van der Waals surface area contributed by atoms with Crippen molar-refractivity contribution < 1.29 is 18.4 Å². The number of carbonyl (C=O) groups excluding carboxylic acids is 1. The number of rotatable bonds is 4. The highest BCUT2D eigenvalue weighted by Gasteiger charge is 2.24. The lowest BCUT2D eigenvalue weighted by atomic mass is 10.1. The summed E-state index contributed by atoms with van der Waals surface area (Å²) in [4.78, 5) is 16.5. The molecule has 3 aromatic rings. The first-order valence-corrected chi connectivity index (χ1v) is 10.6. The minimum Gasteiger partial charge on any atom is -0.490 e. The maximum absolute atomic E-state index is 14.0. The Kier molecular flexibility index (Phi) is 5.10. The number of hydrogen-bond donors (Lipinski definition) is 0. The van der Waals surface area contributed by atoms with E-state index < -0.39 is 0 Å². The van der Waals surface area contributed by atoms with Gasteiger partial charge in [0.2, 0.25) is 5.91 Å². The number of piperazine rings is 1. The average Bonchev–Trinajstić information content (AvgIpc) is 3.39. The summed E-state index contributed by atoms with van der Waals surface area (Å²) in [6, 6.07) is 14.5. The lowest BCUT2D eigenvalue weighted by molar-refractivity contribution is -0.130. The summed E-state index contributed by atoms with van der Waals surface area (Å²) in [5, 5.41) is 4.10. The Morgan fingerprint density at radius 3 is 2.74 bits per heavy atom. The van der Waals surface area contributed by atoms with Crippen molar-refractivity contribution >= 4 is 11.6 Å². The van der Waals surface area contributed by atoms with Crippen molar-refractivity contribution in [3.63, 3.8) is 0 Å². The number of halogens is 1. The third-order valence-electron chi connectivity index (χ3n) is 5.90. The fraction of sp³-hybridized carbons (Fsp3) is 0.333. The zero-order chi connectivity index (χ0) is 21.4. The fourth-order valence-corrected chi connectivity index (χ4v) is 4.28. The van der Waals surface area contributed by atoms with Crippen molar-refractivity contribution in [1.29, 1.82) is 0 Å². The number of fused-ring (bicyclic) bond motifs is 1. The largest absolute Gasteiger partial charge is 0.490 e. The van der Waals surface area contributed by atoms with Gasteiger partial charge in [-0.2, -0.15) is 0 Å². The SMILES string of the molecule is CC1Cc2cc(-c3cc(CC(=O)N4CCN(c5ccccc5F)CC4)no3)ccc2O1. The minimum atomic E-state index is -0.232. The van der Waals surface area contributed by atoms with Crippen LogP contribution in [0, 0.1) is 5.82 Å². The summed E-state index contributed by atoms with van der Waals surface area (Å²) in [5.41, 5.74) is 3.29. The molecule has 0 radical (unpaired) electrons. The molecule has 0 aliphatic carbocycles. The van der Waals surface area contributed by atoms with Crippen LogP contribution in [-0.2, 0) is 17.6 Å². The molecule has 2 aliphatic heterocycles. The third-order valence-corrected chi connectivity index (χ3v) is 5.90. The molecule has 1 fully saturated rings. The quantitative estimate of drug-likeness (QED) is 0.643. The fourth-order valence-electron chi connectivity index (χ4n) is 4.28. The van der Waals surface area contributed by atoms with Gasteiger partial charge in [-0.05, 0) is 42.8 Å². The van der Waals surface area contributed by atoms with Crippen LogP contribution in [0.15, 0.2) is 53.1 Å². The van der Waals surface area contributed by atoms with E-state index in [-0.39, 0.29) is 24.2 Å². The van der Waals surface area contributed by atoms with Gasteiger partial charge in [0.25, 0.3) is 0 Å². The molecule has 31 heavy (non-hydrogen) atoms. The van der Waals surface area contributed by atoms with Crippen LogP contribution in [0.1, 0.15) is 18.2 Å². The lowest BCUT2D eigenvalue weighted by Crippen LogP contribution is -2.49. The summed E-state index contributed by atoms with van der Waals surface area (Å²) in [6.07, 6.45) is 1.25. The van der Waals surface area contributed by atoms with E-state index in [4.69, 9.17) is 9.26 Å². The maximum Gasteiger partial charge on any atom is 0.228 e. The van der Waals surface area contributed by atoms with Crippen molar-refractivity contribution in [3.05, 3.63) is 65.6 Å². The first-order valence-electron chi connectivity index (χ1n) is 10.6. The molecule has 1 amide bonds. The molecule has 3 heterocycles. The molecule has 2 aromatic carbocycles. The zero-order valence-electron chi connectivity index (χ0n) is 17.4. The molecule has 0 bridgehead atoms. The Hall–Kier alpha value is -3.35. The van der Waals surface area contributed by atoms with Gasteiger partial charge < -0.3 is 19.1 Å². The van der Waals surface area contributed by atoms with Gasteiger partial charge in [-0.1, -0.05) is 17.3 Å². The van der Waals surface area contributed by atoms with Crippen LogP contribution in [-0.4, -0.2) is 48.2 Å². The van der Waals surface area contributed by atoms with E-state index in [9.17, 15) is 9.18 Å². The van der Waals surface area contributed by atoms with Crippen molar-refractivity contribution in [3.8, 4) is 17.1 Å². The zero-order valence-corrected chi connectivity index (χ0v) is 17.4. The molecule has 1 atom stereocenters. The van der Waals surface area contributed by atoms with Crippen LogP contribution in [0.5, 0.6) is 5.75 Å². The summed E-state index contributed by atoms with van der Waals surface area (Å²) in [6.45, 7) is 4.37. The number of anilines is 1. The van der Waals surface area contributed by atoms with Gasteiger partial charge in [0.1, 0.15) is 17.7 Å². The van der Waals surface area contributed by atoms with Gasteiger partial charge in [0.15, 0.2) is 5.76 Å². The maximum atomic E-state index is 14.0. The second-order valence-corrected chi connectivity index (χ2v) is 8.13. The normalized spacial score (nSPS) is 18.1. The first kappa shape index (κ1) is 19.6. The smallest absolute Gasteiger partial charge is 0.228 e. The van der Waals surface area contributed by atoms with E-state index in [0.717, 1.165) is 23.3 Å². The van der Waals surface area contributed by atoms with E-state index >= 15 is 0 Å². The Balaban J connectivity index is 1.20. The molecule has 7 heteroatoms. The van der Waals surface area contributed by atoms with Gasteiger partial charge in [0, 0.05) is 44.2 Å². The second-order valence-electron chi connectivity index (χ2n) is 8.13. The number of benzene rings is 2. The molecular weight excluding hydrogens is 397 g/mol. The first-order chi connectivity index (χ1) is 15.1. The topological polar surface area (TPSA) is 58.8 Å². The number of hydrogen-bond acceptors (Lipinski definition) is 5. The predicted octanol–water partition coefficient (Wildman–Crippen LogP) is 3.70. The molecule has 0 N–H and O–H groups in total. The molecular formula is C24H24FN3O3. The van der Waals surface area contributed by atoms with Gasteiger partial charge in [0.05, 0.1) is 17.8 Å². The molecule has 0 saturated carbocycles. The van der Waals surface area contributed by atoms with E-state index in [0.29, 0.717) is 43.3 Å².